The highest BCUT2D eigenvalue weighted by Crippen LogP contribution is 2.38. The van der Waals surface area contributed by atoms with E-state index in [9.17, 15) is 0 Å². The number of hydrogen-bond donors (Lipinski definition) is 0. The van der Waals surface area contributed by atoms with Crippen LogP contribution in [0.2, 0.25) is 0 Å². The van der Waals surface area contributed by atoms with Crippen molar-refractivity contribution in [1.29, 1.82) is 0 Å². The van der Waals surface area contributed by atoms with Crippen molar-refractivity contribution in [2.24, 2.45) is 12.5 Å². The average molecular weight is 311 g/mol. The zero-order chi connectivity index (χ0) is 16.2. The van der Waals surface area contributed by atoms with Gasteiger partial charge in [0.15, 0.2) is 5.65 Å². The maximum Gasteiger partial charge on any atom is 0.159 e. The van der Waals surface area contributed by atoms with Crippen LogP contribution in [0.1, 0.15) is 64.9 Å². The van der Waals surface area contributed by atoms with Crippen LogP contribution in [0.25, 0.3) is 11.2 Å². The van der Waals surface area contributed by atoms with Crippen molar-refractivity contribution in [1.82, 2.24) is 19.3 Å². The number of hydrogen-bond acceptors (Lipinski definition) is 2. The first-order valence-corrected chi connectivity index (χ1v) is 7.94. The molecule has 1 unspecified atom stereocenters. The molecule has 0 amide bonds. The van der Waals surface area contributed by atoms with Gasteiger partial charge in [0.25, 0.3) is 0 Å². The van der Waals surface area contributed by atoms with E-state index in [-0.39, 0.29) is 16.3 Å². The van der Waals surface area contributed by atoms with Crippen molar-refractivity contribution < 1.29 is 0 Å². The molecule has 0 bridgehead atoms. The highest BCUT2D eigenvalue weighted by molar-refractivity contribution is 6.20. The molecule has 0 aromatic carbocycles. The van der Waals surface area contributed by atoms with Crippen molar-refractivity contribution in [3.8, 4) is 0 Å². The molecule has 2 heterocycles. The predicted molar refractivity (Wildman–Crippen MR) is 88.9 cm³/mol. The Hall–Kier alpha value is -1.03. The first-order chi connectivity index (χ1) is 9.44. The quantitative estimate of drug-likeness (QED) is 0.780. The molecule has 2 aromatic heterocycles. The van der Waals surface area contributed by atoms with Crippen molar-refractivity contribution in [3.63, 3.8) is 0 Å². The molecule has 0 aliphatic heterocycles. The lowest BCUT2D eigenvalue weighted by Crippen LogP contribution is -2.33. The van der Waals surface area contributed by atoms with Gasteiger partial charge in [-0.25, -0.2) is 4.98 Å². The van der Waals surface area contributed by atoms with Gasteiger partial charge in [-0.3, -0.25) is 4.68 Å². The number of nitrogens with zero attached hydrogens (tertiary/aromatic N) is 4. The van der Waals surface area contributed by atoms with E-state index in [2.05, 4.69) is 44.3 Å². The molecule has 4 nitrogen and oxygen atoms in total. The van der Waals surface area contributed by atoms with E-state index in [1.807, 2.05) is 25.6 Å². The zero-order valence-electron chi connectivity index (χ0n) is 14.5. The van der Waals surface area contributed by atoms with Crippen molar-refractivity contribution >= 4 is 22.8 Å². The van der Waals surface area contributed by atoms with E-state index < -0.39 is 0 Å². The molecule has 0 fully saturated rings. The highest BCUT2D eigenvalue weighted by Gasteiger charge is 2.33. The van der Waals surface area contributed by atoms with Crippen LogP contribution in [-0.2, 0) is 12.6 Å². The van der Waals surface area contributed by atoms with E-state index in [1.54, 1.807) is 0 Å². The summed E-state index contributed by atoms with van der Waals surface area (Å²) in [5.74, 6) is 0.928. The summed E-state index contributed by atoms with van der Waals surface area (Å²) in [5.41, 5.74) is 3.12. The molecule has 0 radical (unpaired) electrons. The van der Waals surface area contributed by atoms with E-state index in [0.29, 0.717) is 0 Å². The third-order valence-corrected chi connectivity index (χ3v) is 3.95. The standard InChI is InChI=1S/C16H27ClN4/c1-10(17)13-18-12-11(2)19-20(8)14(12)21(13)16(6,7)9-15(3,4)5/h10H,9H2,1-8H3. The van der Waals surface area contributed by atoms with Gasteiger partial charge in [0.2, 0.25) is 0 Å². The summed E-state index contributed by atoms with van der Waals surface area (Å²) in [4.78, 5) is 4.78. The largest absolute Gasteiger partial charge is 0.306 e. The van der Waals surface area contributed by atoms with Crippen LogP contribution >= 0.6 is 11.6 Å². The molecule has 0 spiro atoms. The van der Waals surface area contributed by atoms with Gasteiger partial charge >= 0.3 is 0 Å². The molecule has 0 saturated heterocycles. The second kappa shape index (κ2) is 5.01. The highest BCUT2D eigenvalue weighted by atomic mass is 35.5. The van der Waals surface area contributed by atoms with Crippen molar-refractivity contribution in [2.75, 3.05) is 0 Å². The number of aryl methyl sites for hydroxylation is 2. The Morgan fingerprint density at radius 2 is 1.76 bits per heavy atom. The van der Waals surface area contributed by atoms with Crippen LogP contribution in [0.4, 0.5) is 0 Å². The number of rotatable bonds is 3. The zero-order valence-corrected chi connectivity index (χ0v) is 15.2. The van der Waals surface area contributed by atoms with Gasteiger partial charge in [0.1, 0.15) is 11.3 Å². The van der Waals surface area contributed by atoms with E-state index in [4.69, 9.17) is 16.6 Å². The van der Waals surface area contributed by atoms with Gasteiger partial charge in [-0.15, -0.1) is 11.6 Å². The van der Waals surface area contributed by atoms with Crippen LogP contribution in [0.3, 0.4) is 0 Å². The first kappa shape index (κ1) is 16.3. The van der Waals surface area contributed by atoms with E-state index >= 15 is 0 Å². The lowest BCUT2D eigenvalue weighted by atomic mass is 9.81. The second-order valence-electron chi connectivity index (χ2n) is 7.85. The fraction of sp³-hybridized carbons (Fsp3) is 0.750. The molecular formula is C16H27ClN4. The Morgan fingerprint density at radius 1 is 1.19 bits per heavy atom. The fourth-order valence-corrected chi connectivity index (χ4v) is 3.68. The van der Waals surface area contributed by atoms with E-state index in [0.717, 1.165) is 29.1 Å². The summed E-state index contributed by atoms with van der Waals surface area (Å²) in [6.07, 6.45) is 1.03. The Morgan fingerprint density at radius 3 is 2.24 bits per heavy atom. The normalized spacial score (nSPS) is 14.9. The van der Waals surface area contributed by atoms with Gasteiger partial charge in [0.05, 0.1) is 11.1 Å². The molecule has 1 atom stereocenters. The van der Waals surface area contributed by atoms with Gasteiger partial charge in [0, 0.05) is 12.6 Å². The molecule has 2 rings (SSSR count). The minimum absolute atomic E-state index is 0.0777. The third kappa shape index (κ3) is 2.96. The van der Waals surface area contributed by atoms with Crippen LogP contribution in [-0.4, -0.2) is 19.3 Å². The number of imidazole rings is 1. The Labute approximate surface area is 132 Å². The maximum absolute atomic E-state index is 6.41. The lowest BCUT2D eigenvalue weighted by Gasteiger charge is -2.35. The summed E-state index contributed by atoms with van der Waals surface area (Å²) in [5, 5.41) is 4.38. The van der Waals surface area contributed by atoms with E-state index in [1.165, 1.54) is 0 Å². The van der Waals surface area contributed by atoms with Crippen LogP contribution < -0.4 is 0 Å². The number of aromatic nitrogens is 4. The summed E-state index contributed by atoms with van der Waals surface area (Å²) in [6, 6.07) is 0. The third-order valence-electron chi connectivity index (χ3n) is 3.75. The molecule has 2 aromatic rings. The second-order valence-corrected chi connectivity index (χ2v) is 8.51. The SMILES string of the molecule is Cc1nn(C)c2c1nc(C(C)Cl)n2C(C)(C)CC(C)(C)C. The van der Waals surface area contributed by atoms with Gasteiger partial charge in [-0.05, 0) is 39.5 Å². The number of fused-ring (bicyclic) bond motifs is 1. The van der Waals surface area contributed by atoms with Crippen molar-refractivity contribution in [3.05, 3.63) is 11.5 Å². The number of alkyl halides is 1. The number of halogens is 1. The summed E-state index contributed by atoms with van der Waals surface area (Å²) < 4.78 is 4.20. The van der Waals surface area contributed by atoms with Gasteiger partial charge in [-0.1, -0.05) is 20.8 Å². The molecule has 0 N–H and O–H groups in total. The molecule has 0 aliphatic rings. The molecule has 5 heteroatoms. The van der Waals surface area contributed by atoms with Gasteiger partial charge < -0.3 is 4.57 Å². The minimum atomic E-state index is -0.129. The lowest BCUT2D eigenvalue weighted by molar-refractivity contribution is 0.213. The first-order valence-electron chi connectivity index (χ1n) is 7.50. The molecular weight excluding hydrogens is 284 g/mol. The smallest absolute Gasteiger partial charge is 0.159 e. The predicted octanol–water partition coefficient (Wildman–Crippen LogP) is 4.55. The topological polar surface area (TPSA) is 35.6 Å². The monoisotopic (exact) mass is 310 g/mol. The van der Waals surface area contributed by atoms with Crippen LogP contribution in [0.15, 0.2) is 0 Å². The summed E-state index contributed by atoms with van der Waals surface area (Å²) >= 11 is 6.41. The fourth-order valence-electron chi connectivity index (χ4n) is 3.53. The molecule has 0 saturated carbocycles. The van der Waals surface area contributed by atoms with Gasteiger partial charge in [-0.2, -0.15) is 5.10 Å². The van der Waals surface area contributed by atoms with Crippen molar-refractivity contribution in [2.45, 2.75) is 65.8 Å². The van der Waals surface area contributed by atoms with Crippen LogP contribution in [0.5, 0.6) is 0 Å². The average Bonchev–Trinajstić information content (AvgIpc) is 2.75. The van der Waals surface area contributed by atoms with Crippen LogP contribution in [0, 0.1) is 12.3 Å². The molecule has 118 valence electrons. The Balaban J connectivity index is 2.73. The molecule has 0 aliphatic carbocycles. The summed E-state index contributed by atoms with van der Waals surface area (Å²) in [7, 11) is 1.98. The molecule has 21 heavy (non-hydrogen) atoms. The maximum atomic E-state index is 6.41. The Kier molecular flexibility index (Phi) is 3.90. The Bertz CT molecular complexity index is 656. The summed E-state index contributed by atoms with van der Waals surface area (Å²) in [6.45, 7) is 15.3. The minimum Gasteiger partial charge on any atom is -0.306 e.